The number of benzene rings is 1. The summed E-state index contributed by atoms with van der Waals surface area (Å²) < 4.78 is 0. The summed E-state index contributed by atoms with van der Waals surface area (Å²) >= 11 is 0. The summed E-state index contributed by atoms with van der Waals surface area (Å²) in [5.41, 5.74) is 5.93. The summed E-state index contributed by atoms with van der Waals surface area (Å²) in [7, 11) is 0. The van der Waals surface area contributed by atoms with Crippen molar-refractivity contribution in [2.24, 2.45) is 0 Å². The molecular formula is C17H18N2O. The molecule has 1 aromatic heterocycles. The van der Waals surface area contributed by atoms with E-state index in [1.165, 1.54) is 5.56 Å². The maximum atomic E-state index is 9.69. The Morgan fingerprint density at radius 3 is 2.80 bits per heavy atom. The second kappa shape index (κ2) is 4.76. The van der Waals surface area contributed by atoms with Gasteiger partial charge in [0.1, 0.15) is 0 Å². The van der Waals surface area contributed by atoms with E-state index in [9.17, 15) is 5.21 Å². The monoisotopic (exact) mass is 266 g/mol. The van der Waals surface area contributed by atoms with Gasteiger partial charge in [0.25, 0.3) is 0 Å². The fourth-order valence-electron chi connectivity index (χ4n) is 2.50. The summed E-state index contributed by atoms with van der Waals surface area (Å²) in [6, 6.07) is 10.6. The van der Waals surface area contributed by atoms with Crippen LogP contribution in [0.4, 0.5) is 0 Å². The first kappa shape index (κ1) is 12.9. The van der Waals surface area contributed by atoms with Gasteiger partial charge in [0.05, 0.1) is 17.9 Å². The molecule has 0 unspecified atom stereocenters. The minimum atomic E-state index is 0.457. The fourth-order valence-corrected chi connectivity index (χ4v) is 2.50. The summed E-state index contributed by atoms with van der Waals surface area (Å²) in [6.45, 7) is 8.66. The SMILES string of the molecule is C=C1c2ncc(-c3cccc(C(C)C)c3)cc2CN1O. The number of hydrogen-bond acceptors (Lipinski definition) is 3. The molecule has 1 aromatic carbocycles. The summed E-state index contributed by atoms with van der Waals surface area (Å²) in [5.74, 6) is 0.505. The van der Waals surface area contributed by atoms with Gasteiger partial charge in [-0.15, -0.1) is 0 Å². The first-order chi connectivity index (χ1) is 9.56. The van der Waals surface area contributed by atoms with Crippen molar-refractivity contribution in [2.75, 3.05) is 0 Å². The molecule has 0 spiro atoms. The van der Waals surface area contributed by atoms with E-state index in [-0.39, 0.29) is 0 Å². The Bertz CT molecular complexity index is 676. The largest absolute Gasteiger partial charge is 0.288 e. The number of hydrogen-bond donors (Lipinski definition) is 1. The quantitative estimate of drug-likeness (QED) is 0.891. The molecule has 0 amide bonds. The van der Waals surface area contributed by atoms with Crippen molar-refractivity contribution in [3.63, 3.8) is 0 Å². The minimum absolute atomic E-state index is 0.457. The third-order valence-electron chi connectivity index (χ3n) is 3.76. The van der Waals surface area contributed by atoms with Crippen molar-refractivity contribution < 1.29 is 5.21 Å². The van der Waals surface area contributed by atoms with Crippen LogP contribution in [0.3, 0.4) is 0 Å². The van der Waals surface area contributed by atoms with Crippen LogP contribution < -0.4 is 0 Å². The number of pyridine rings is 1. The molecule has 1 N–H and O–H groups in total. The molecule has 2 aromatic rings. The van der Waals surface area contributed by atoms with Gasteiger partial charge in [-0.2, -0.15) is 0 Å². The number of aromatic nitrogens is 1. The van der Waals surface area contributed by atoms with Crippen LogP contribution in [0.15, 0.2) is 43.1 Å². The Kier molecular flexibility index (Phi) is 3.07. The second-order valence-electron chi connectivity index (χ2n) is 5.52. The molecule has 0 atom stereocenters. The van der Waals surface area contributed by atoms with Gasteiger partial charge >= 0.3 is 0 Å². The van der Waals surface area contributed by atoms with Gasteiger partial charge in [-0.25, -0.2) is 0 Å². The first-order valence-corrected chi connectivity index (χ1v) is 6.81. The van der Waals surface area contributed by atoms with Gasteiger partial charge in [-0.1, -0.05) is 44.7 Å². The van der Waals surface area contributed by atoms with E-state index < -0.39 is 0 Å². The molecule has 3 rings (SSSR count). The molecule has 1 aliphatic rings. The Hall–Kier alpha value is -2.13. The predicted molar refractivity (Wildman–Crippen MR) is 80.1 cm³/mol. The van der Waals surface area contributed by atoms with Crippen LogP contribution in [-0.2, 0) is 6.54 Å². The highest BCUT2D eigenvalue weighted by Gasteiger charge is 2.22. The number of nitrogens with zero attached hydrogens (tertiary/aromatic N) is 2. The van der Waals surface area contributed by atoms with E-state index in [1.807, 2.05) is 6.20 Å². The zero-order valence-electron chi connectivity index (χ0n) is 11.8. The Morgan fingerprint density at radius 2 is 2.05 bits per heavy atom. The van der Waals surface area contributed by atoms with Crippen LogP contribution in [0.25, 0.3) is 16.8 Å². The topological polar surface area (TPSA) is 36.4 Å². The fraction of sp³-hybridized carbons (Fsp3) is 0.235. The van der Waals surface area contributed by atoms with Gasteiger partial charge in [0, 0.05) is 17.3 Å². The molecular weight excluding hydrogens is 248 g/mol. The van der Waals surface area contributed by atoms with Gasteiger partial charge in [-0.05, 0) is 23.1 Å². The summed E-state index contributed by atoms with van der Waals surface area (Å²) in [6.07, 6.45) is 1.85. The molecule has 3 heteroatoms. The highest BCUT2D eigenvalue weighted by Crippen LogP contribution is 2.31. The molecule has 0 fully saturated rings. The third kappa shape index (κ3) is 2.10. The highest BCUT2D eigenvalue weighted by atomic mass is 16.5. The van der Waals surface area contributed by atoms with Crippen molar-refractivity contribution in [3.8, 4) is 11.1 Å². The normalized spacial score (nSPS) is 14.0. The smallest absolute Gasteiger partial charge is 0.0931 e. The number of rotatable bonds is 2. The molecule has 2 heterocycles. The number of hydroxylamine groups is 2. The number of fused-ring (bicyclic) bond motifs is 1. The second-order valence-corrected chi connectivity index (χ2v) is 5.52. The lowest BCUT2D eigenvalue weighted by Crippen LogP contribution is -2.07. The van der Waals surface area contributed by atoms with Gasteiger partial charge in [0.2, 0.25) is 0 Å². The van der Waals surface area contributed by atoms with E-state index in [4.69, 9.17) is 0 Å². The molecule has 0 saturated carbocycles. The highest BCUT2D eigenvalue weighted by molar-refractivity contribution is 5.70. The van der Waals surface area contributed by atoms with Gasteiger partial charge in [0.15, 0.2) is 0 Å². The lowest BCUT2D eigenvalue weighted by Gasteiger charge is -2.09. The zero-order chi connectivity index (χ0) is 14.3. The van der Waals surface area contributed by atoms with Crippen molar-refractivity contribution >= 4 is 5.70 Å². The van der Waals surface area contributed by atoms with Crippen molar-refractivity contribution in [3.05, 3.63) is 59.9 Å². The van der Waals surface area contributed by atoms with Crippen LogP contribution in [0, 0.1) is 0 Å². The molecule has 0 radical (unpaired) electrons. The molecule has 20 heavy (non-hydrogen) atoms. The van der Waals surface area contributed by atoms with Crippen LogP contribution in [-0.4, -0.2) is 15.3 Å². The molecule has 102 valence electrons. The Balaban J connectivity index is 2.02. The standard InChI is InChI=1S/C17H18N2O/c1-11(2)13-5-4-6-14(7-13)15-8-16-10-19(20)12(3)17(16)18-9-15/h4-9,11,20H,3,10H2,1-2H3. The zero-order valence-corrected chi connectivity index (χ0v) is 11.8. The van der Waals surface area contributed by atoms with Crippen LogP contribution >= 0.6 is 0 Å². The predicted octanol–water partition coefficient (Wildman–Crippen LogP) is 4.05. The van der Waals surface area contributed by atoms with Crippen molar-refractivity contribution in [1.29, 1.82) is 0 Å². The van der Waals surface area contributed by atoms with Crippen LogP contribution in [0.2, 0.25) is 0 Å². The maximum absolute atomic E-state index is 9.69. The molecule has 3 nitrogen and oxygen atoms in total. The molecule has 0 bridgehead atoms. The minimum Gasteiger partial charge on any atom is -0.288 e. The lowest BCUT2D eigenvalue weighted by molar-refractivity contribution is -0.0284. The maximum Gasteiger partial charge on any atom is 0.0931 e. The first-order valence-electron chi connectivity index (χ1n) is 6.81. The average molecular weight is 266 g/mol. The molecule has 1 aliphatic heterocycles. The van der Waals surface area contributed by atoms with Crippen LogP contribution in [0.1, 0.15) is 36.6 Å². The van der Waals surface area contributed by atoms with E-state index in [0.29, 0.717) is 18.2 Å². The summed E-state index contributed by atoms with van der Waals surface area (Å²) in [4.78, 5) is 4.44. The lowest BCUT2D eigenvalue weighted by atomic mass is 9.97. The summed E-state index contributed by atoms with van der Waals surface area (Å²) in [5, 5.41) is 10.8. The van der Waals surface area contributed by atoms with E-state index >= 15 is 0 Å². The van der Waals surface area contributed by atoms with E-state index in [1.54, 1.807) is 0 Å². The van der Waals surface area contributed by atoms with Crippen LogP contribution in [0.5, 0.6) is 0 Å². The molecule has 0 aliphatic carbocycles. The Labute approximate surface area is 119 Å². The van der Waals surface area contributed by atoms with E-state index in [2.05, 4.69) is 55.7 Å². The van der Waals surface area contributed by atoms with E-state index in [0.717, 1.165) is 27.4 Å². The molecule has 0 saturated heterocycles. The van der Waals surface area contributed by atoms with Gasteiger partial charge < -0.3 is 0 Å². The third-order valence-corrected chi connectivity index (χ3v) is 3.76. The Morgan fingerprint density at radius 1 is 1.25 bits per heavy atom. The van der Waals surface area contributed by atoms with Gasteiger partial charge in [-0.3, -0.25) is 15.3 Å². The average Bonchev–Trinajstić information content (AvgIpc) is 2.74. The van der Waals surface area contributed by atoms with Crippen molar-refractivity contribution in [2.45, 2.75) is 26.3 Å². The van der Waals surface area contributed by atoms with Crippen molar-refractivity contribution in [1.82, 2.24) is 10.0 Å².